The molecule has 0 spiro atoms. The average molecular weight is 480 g/mol. The van der Waals surface area contributed by atoms with E-state index in [4.69, 9.17) is 9.73 Å². The lowest BCUT2D eigenvalue weighted by molar-refractivity contribution is -0.00834. The molecular formula is C21H29IN4O. The van der Waals surface area contributed by atoms with E-state index in [2.05, 4.69) is 54.2 Å². The molecule has 1 N–H and O–H groups in total. The minimum Gasteiger partial charge on any atom is -0.370 e. The predicted octanol–water partition coefficient (Wildman–Crippen LogP) is 3.86. The molecule has 1 aliphatic heterocycles. The first-order valence-electron chi connectivity index (χ1n) is 9.29. The third kappa shape index (κ3) is 5.90. The highest BCUT2D eigenvalue weighted by molar-refractivity contribution is 14.0. The maximum atomic E-state index is 6.07. The van der Waals surface area contributed by atoms with E-state index in [1.54, 1.807) is 0 Å². The van der Waals surface area contributed by atoms with Crippen LogP contribution in [-0.4, -0.2) is 42.1 Å². The highest BCUT2D eigenvalue weighted by Crippen LogP contribution is 2.26. The Labute approximate surface area is 179 Å². The van der Waals surface area contributed by atoms with Gasteiger partial charge < -0.3 is 15.0 Å². The van der Waals surface area contributed by atoms with Gasteiger partial charge in [-0.25, -0.2) is 4.99 Å². The number of hydrogen-bond donors (Lipinski definition) is 1. The van der Waals surface area contributed by atoms with Crippen LogP contribution < -0.4 is 5.32 Å². The Bertz CT molecular complexity index is 751. The summed E-state index contributed by atoms with van der Waals surface area (Å²) in [5.41, 5.74) is 4.81. The molecule has 2 heterocycles. The smallest absolute Gasteiger partial charge is 0.194 e. The van der Waals surface area contributed by atoms with Gasteiger partial charge in [0.05, 0.1) is 25.4 Å². The van der Waals surface area contributed by atoms with E-state index in [9.17, 15) is 0 Å². The predicted molar refractivity (Wildman–Crippen MR) is 121 cm³/mol. The second-order valence-corrected chi connectivity index (χ2v) is 6.66. The molecule has 1 unspecified atom stereocenters. The third-order valence-electron chi connectivity index (χ3n) is 4.59. The first-order valence-corrected chi connectivity index (χ1v) is 9.29. The summed E-state index contributed by atoms with van der Waals surface area (Å²) in [6.45, 7) is 10.1. The number of hydrogen-bond acceptors (Lipinski definition) is 3. The van der Waals surface area contributed by atoms with Gasteiger partial charge in [0.15, 0.2) is 5.96 Å². The van der Waals surface area contributed by atoms with Gasteiger partial charge in [-0.2, -0.15) is 0 Å². The minimum atomic E-state index is 0. The summed E-state index contributed by atoms with van der Waals surface area (Å²) in [6.07, 6.45) is 1.88. The molecule has 1 fully saturated rings. The second-order valence-electron chi connectivity index (χ2n) is 6.66. The lowest BCUT2D eigenvalue weighted by atomic mass is 10.00. The van der Waals surface area contributed by atoms with E-state index in [0.717, 1.165) is 31.3 Å². The highest BCUT2D eigenvalue weighted by Gasteiger charge is 2.25. The van der Waals surface area contributed by atoms with Gasteiger partial charge in [0.1, 0.15) is 6.10 Å². The number of benzene rings is 1. The molecule has 0 aliphatic carbocycles. The molecule has 0 amide bonds. The van der Waals surface area contributed by atoms with Gasteiger partial charge in [-0.3, -0.25) is 4.98 Å². The highest BCUT2D eigenvalue weighted by atomic mass is 127. The van der Waals surface area contributed by atoms with Crippen LogP contribution in [0, 0.1) is 13.8 Å². The molecule has 3 rings (SSSR count). The standard InChI is InChI=1S/C21H28N4O.HI/c1-4-22-21(24-14-18-7-5-6-10-23-18)25-11-12-26-20(15-25)19-9-8-16(2)13-17(19)3;/h5-10,13,20H,4,11-12,14-15H2,1-3H3,(H,22,24);1H. The molecule has 0 radical (unpaired) electrons. The van der Waals surface area contributed by atoms with Gasteiger partial charge >= 0.3 is 0 Å². The summed E-state index contributed by atoms with van der Waals surface area (Å²) >= 11 is 0. The van der Waals surface area contributed by atoms with Gasteiger partial charge in [0.25, 0.3) is 0 Å². The average Bonchev–Trinajstić information content (AvgIpc) is 2.66. The number of aromatic nitrogens is 1. The number of guanidine groups is 1. The monoisotopic (exact) mass is 480 g/mol. The third-order valence-corrected chi connectivity index (χ3v) is 4.59. The molecule has 146 valence electrons. The fourth-order valence-corrected chi connectivity index (χ4v) is 3.29. The number of rotatable bonds is 4. The number of aryl methyl sites for hydroxylation is 2. The first kappa shape index (κ1) is 21.6. The van der Waals surface area contributed by atoms with Crippen molar-refractivity contribution < 1.29 is 4.74 Å². The molecule has 1 aromatic heterocycles. The van der Waals surface area contributed by atoms with E-state index >= 15 is 0 Å². The topological polar surface area (TPSA) is 49.8 Å². The van der Waals surface area contributed by atoms with E-state index < -0.39 is 0 Å². The minimum absolute atomic E-state index is 0. The lowest BCUT2D eigenvalue weighted by Crippen LogP contribution is -2.48. The number of nitrogens with one attached hydrogen (secondary N) is 1. The second kappa shape index (κ2) is 10.6. The van der Waals surface area contributed by atoms with Crippen LogP contribution in [0.1, 0.15) is 35.4 Å². The van der Waals surface area contributed by atoms with Crippen molar-refractivity contribution in [2.75, 3.05) is 26.2 Å². The number of morpholine rings is 1. The van der Waals surface area contributed by atoms with Crippen molar-refractivity contribution in [2.24, 2.45) is 4.99 Å². The van der Waals surface area contributed by atoms with Crippen LogP contribution in [0.15, 0.2) is 47.6 Å². The Morgan fingerprint density at radius 3 is 2.85 bits per heavy atom. The van der Waals surface area contributed by atoms with E-state index in [1.807, 2.05) is 24.4 Å². The Hall–Kier alpha value is -1.67. The zero-order valence-electron chi connectivity index (χ0n) is 16.3. The summed E-state index contributed by atoms with van der Waals surface area (Å²) < 4.78 is 6.07. The number of ether oxygens (including phenoxy) is 1. The fraction of sp³-hybridized carbons (Fsp3) is 0.429. The molecule has 27 heavy (non-hydrogen) atoms. The van der Waals surface area contributed by atoms with E-state index in [-0.39, 0.29) is 30.1 Å². The van der Waals surface area contributed by atoms with Gasteiger partial charge in [-0.1, -0.05) is 29.8 Å². The van der Waals surface area contributed by atoms with E-state index in [0.29, 0.717) is 13.2 Å². The molecule has 6 heteroatoms. The number of nitrogens with zero attached hydrogens (tertiary/aromatic N) is 3. The van der Waals surface area contributed by atoms with Crippen molar-refractivity contribution in [3.05, 3.63) is 65.0 Å². The molecular weight excluding hydrogens is 451 g/mol. The van der Waals surface area contributed by atoms with Gasteiger partial charge in [0, 0.05) is 19.3 Å². The molecule has 0 bridgehead atoms. The van der Waals surface area contributed by atoms with Crippen LogP contribution in [0.25, 0.3) is 0 Å². The van der Waals surface area contributed by atoms with Crippen molar-refractivity contribution in [3.63, 3.8) is 0 Å². The summed E-state index contributed by atoms with van der Waals surface area (Å²) in [7, 11) is 0. The Kier molecular flexibility index (Phi) is 8.50. The summed E-state index contributed by atoms with van der Waals surface area (Å²) in [5, 5.41) is 3.41. The first-order chi connectivity index (χ1) is 12.7. The summed E-state index contributed by atoms with van der Waals surface area (Å²) in [4.78, 5) is 11.4. The van der Waals surface area contributed by atoms with Crippen molar-refractivity contribution in [3.8, 4) is 0 Å². The van der Waals surface area contributed by atoms with Crippen LogP contribution >= 0.6 is 24.0 Å². The van der Waals surface area contributed by atoms with Crippen LogP contribution in [0.3, 0.4) is 0 Å². The quantitative estimate of drug-likeness (QED) is 0.411. The zero-order valence-corrected chi connectivity index (χ0v) is 18.6. The maximum absolute atomic E-state index is 6.07. The summed E-state index contributed by atoms with van der Waals surface area (Å²) in [6, 6.07) is 12.5. The Balaban J connectivity index is 0.00000261. The van der Waals surface area contributed by atoms with Crippen molar-refractivity contribution in [2.45, 2.75) is 33.4 Å². The van der Waals surface area contributed by atoms with Crippen molar-refractivity contribution in [1.29, 1.82) is 0 Å². The van der Waals surface area contributed by atoms with Crippen LogP contribution in [-0.2, 0) is 11.3 Å². The molecule has 5 nitrogen and oxygen atoms in total. The maximum Gasteiger partial charge on any atom is 0.194 e. The number of halogens is 1. The molecule has 1 atom stereocenters. The Morgan fingerprint density at radius 1 is 1.30 bits per heavy atom. The zero-order chi connectivity index (χ0) is 18.4. The lowest BCUT2D eigenvalue weighted by Gasteiger charge is -2.36. The molecule has 0 saturated carbocycles. The van der Waals surface area contributed by atoms with Gasteiger partial charge in [0.2, 0.25) is 0 Å². The van der Waals surface area contributed by atoms with Crippen LogP contribution in [0.5, 0.6) is 0 Å². The van der Waals surface area contributed by atoms with Crippen LogP contribution in [0.4, 0.5) is 0 Å². The summed E-state index contributed by atoms with van der Waals surface area (Å²) in [5.74, 6) is 0.927. The number of pyridine rings is 1. The van der Waals surface area contributed by atoms with Gasteiger partial charge in [-0.05, 0) is 44.0 Å². The van der Waals surface area contributed by atoms with Crippen LogP contribution in [0.2, 0.25) is 0 Å². The van der Waals surface area contributed by atoms with Crippen molar-refractivity contribution >= 4 is 29.9 Å². The molecule has 1 aliphatic rings. The molecule has 1 aromatic carbocycles. The number of aliphatic imine (C=N–C) groups is 1. The Morgan fingerprint density at radius 2 is 2.15 bits per heavy atom. The van der Waals surface area contributed by atoms with Gasteiger partial charge in [-0.15, -0.1) is 24.0 Å². The fourth-order valence-electron chi connectivity index (χ4n) is 3.29. The molecule has 1 saturated heterocycles. The molecule has 2 aromatic rings. The SMILES string of the molecule is CCNC(=NCc1ccccn1)N1CCOC(c2ccc(C)cc2C)C1.I. The largest absolute Gasteiger partial charge is 0.370 e. The van der Waals surface area contributed by atoms with Crippen molar-refractivity contribution in [1.82, 2.24) is 15.2 Å². The normalized spacial score (nSPS) is 17.4. The van der Waals surface area contributed by atoms with E-state index in [1.165, 1.54) is 16.7 Å².